The second-order valence-electron chi connectivity index (χ2n) is 4.02. The van der Waals surface area contributed by atoms with Gasteiger partial charge < -0.3 is 10.1 Å². The lowest BCUT2D eigenvalue weighted by atomic mass is 10.4. The monoisotopic (exact) mass is 273 g/mol. The average Bonchev–Trinajstić information content (AvgIpc) is 2.80. The van der Waals surface area contributed by atoms with E-state index in [1.54, 1.807) is 0 Å². The van der Waals surface area contributed by atoms with Crippen molar-refractivity contribution < 1.29 is 14.3 Å². The molecule has 0 saturated carbocycles. The van der Waals surface area contributed by atoms with Crippen LogP contribution in [0.5, 0.6) is 0 Å². The molecule has 2 amide bonds. The topological polar surface area (TPSA) is 79.8 Å². The lowest BCUT2D eigenvalue weighted by Gasteiger charge is -2.08. The maximum Gasteiger partial charge on any atom is 0.315 e. The predicted octanol–water partition coefficient (Wildman–Crippen LogP) is 0.137. The fourth-order valence-corrected chi connectivity index (χ4v) is 1.96. The minimum absolute atomic E-state index is 0.182. The summed E-state index contributed by atoms with van der Waals surface area (Å²) in [7, 11) is 0. The van der Waals surface area contributed by atoms with E-state index in [0.717, 1.165) is 5.75 Å². The molecule has 0 unspecified atom stereocenters. The van der Waals surface area contributed by atoms with E-state index >= 15 is 0 Å². The number of rotatable bonds is 5. The maximum atomic E-state index is 11.4. The van der Waals surface area contributed by atoms with Crippen LogP contribution in [0.2, 0.25) is 0 Å². The average molecular weight is 273 g/mol. The third kappa shape index (κ3) is 6.02. The Kier molecular flexibility index (Phi) is 6.74. The van der Waals surface area contributed by atoms with E-state index in [0.29, 0.717) is 31.3 Å². The Bertz CT molecular complexity index is 331. The summed E-state index contributed by atoms with van der Waals surface area (Å²) in [4.78, 5) is 26.9. The van der Waals surface area contributed by atoms with E-state index in [-0.39, 0.29) is 6.10 Å². The van der Waals surface area contributed by atoms with Gasteiger partial charge in [0.2, 0.25) is 0 Å². The second-order valence-corrected chi connectivity index (χ2v) is 5.10. The molecule has 0 aromatic rings. The number of hydrogen-bond acceptors (Lipinski definition) is 5. The van der Waals surface area contributed by atoms with Crippen molar-refractivity contribution in [3.63, 3.8) is 0 Å². The summed E-state index contributed by atoms with van der Waals surface area (Å²) in [5, 5.41) is 5.53. The maximum absolute atomic E-state index is 11.4. The molecule has 102 valence electrons. The van der Waals surface area contributed by atoms with Crippen molar-refractivity contribution in [3.05, 3.63) is 0 Å². The molecular formula is C11H19N3O3S. The highest BCUT2D eigenvalue weighted by atomic mass is 32.2. The first-order chi connectivity index (χ1) is 8.59. The summed E-state index contributed by atoms with van der Waals surface area (Å²) in [6.45, 7) is 5.59. The van der Waals surface area contributed by atoms with Crippen LogP contribution in [0.4, 0.5) is 0 Å². The molecule has 7 heteroatoms. The van der Waals surface area contributed by atoms with Gasteiger partial charge >= 0.3 is 11.8 Å². The summed E-state index contributed by atoms with van der Waals surface area (Å²) in [5.74, 6) is -0.438. The molecule has 1 aliphatic rings. The molecule has 1 heterocycles. The number of nitrogens with one attached hydrogen (secondary N) is 2. The number of aliphatic imine (C=N–C) groups is 1. The summed E-state index contributed by atoms with van der Waals surface area (Å²) in [6, 6.07) is 0. The number of carbonyl (C=O) groups is 2. The van der Waals surface area contributed by atoms with E-state index in [1.165, 1.54) is 11.8 Å². The van der Waals surface area contributed by atoms with Crippen molar-refractivity contribution in [2.24, 2.45) is 4.99 Å². The highest BCUT2D eigenvalue weighted by Gasteiger charge is 2.16. The molecule has 0 aromatic heterocycles. The van der Waals surface area contributed by atoms with Crippen molar-refractivity contribution in [2.45, 2.75) is 26.4 Å². The van der Waals surface area contributed by atoms with Crippen LogP contribution in [0.25, 0.3) is 0 Å². The first-order valence-corrected chi connectivity index (χ1v) is 6.96. The summed E-state index contributed by atoms with van der Waals surface area (Å²) in [6.07, 6.45) is 0.869. The summed E-state index contributed by atoms with van der Waals surface area (Å²) in [5.41, 5.74) is 0. The third-order valence-electron chi connectivity index (χ3n) is 2.07. The van der Waals surface area contributed by atoms with Gasteiger partial charge in [0, 0.05) is 18.9 Å². The number of hydrogen-bond donors (Lipinski definition) is 2. The molecule has 0 bridgehead atoms. The number of amides is 2. The Morgan fingerprint density at radius 1 is 1.44 bits per heavy atom. The predicted molar refractivity (Wildman–Crippen MR) is 71.6 cm³/mol. The van der Waals surface area contributed by atoms with Crippen LogP contribution in [0.3, 0.4) is 0 Å². The van der Waals surface area contributed by atoms with Crippen LogP contribution in [0.1, 0.15) is 20.3 Å². The van der Waals surface area contributed by atoms with Gasteiger partial charge in [-0.1, -0.05) is 11.8 Å². The molecule has 0 radical (unpaired) electrons. The molecule has 0 spiro atoms. The van der Waals surface area contributed by atoms with Crippen LogP contribution in [0.15, 0.2) is 4.99 Å². The van der Waals surface area contributed by atoms with Crippen molar-refractivity contribution in [2.75, 3.05) is 25.4 Å². The van der Waals surface area contributed by atoms with Crippen LogP contribution in [-0.4, -0.2) is 48.5 Å². The van der Waals surface area contributed by atoms with Gasteiger partial charge in [0.15, 0.2) is 5.17 Å². The Hall–Kier alpha value is -1.08. The number of amidine groups is 1. The second kappa shape index (κ2) is 8.10. The van der Waals surface area contributed by atoms with Crippen LogP contribution in [-0.2, 0) is 14.3 Å². The molecule has 1 rings (SSSR count). The smallest absolute Gasteiger partial charge is 0.315 e. The fourth-order valence-electron chi connectivity index (χ4n) is 1.24. The van der Waals surface area contributed by atoms with Gasteiger partial charge in [0.25, 0.3) is 0 Å². The first kappa shape index (κ1) is 15.0. The van der Waals surface area contributed by atoms with E-state index in [1.807, 2.05) is 13.8 Å². The molecule has 0 atom stereocenters. The van der Waals surface area contributed by atoms with E-state index in [4.69, 9.17) is 4.74 Å². The molecule has 0 saturated heterocycles. The summed E-state index contributed by atoms with van der Waals surface area (Å²) >= 11 is 1.44. The molecule has 1 aliphatic heterocycles. The Balaban J connectivity index is 2.10. The number of nitrogens with zero attached hydrogens (tertiary/aromatic N) is 1. The largest absolute Gasteiger partial charge is 0.379 e. The normalized spacial score (nSPS) is 14.5. The Morgan fingerprint density at radius 2 is 2.22 bits per heavy atom. The zero-order chi connectivity index (χ0) is 13.4. The van der Waals surface area contributed by atoms with Crippen LogP contribution < -0.4 is 10.6 Å². The molecule has 0 aliphatic carbocycles. The van der Waals surface area contributed by atoms with Gasteiger partial charge in [0.05, 0.1) is 12.6 Å². The molecule has 0 fully saturated rings. The van der Waals surface area contributed by atoms with Gasteiger partial charge in [-0.15, -0.1) is 0 Å². The van der Waals surface area contributed by atoms with Crippen LogP contribution >= 0.6 is 11.8 Å². The third-order valence-corrected chi connectivity index (χ3v) is 2.96. The minimum Gasteiger partial charge on any atom is -0.379 e. The molecule has 0 aromatic carbocycles. The van der Waals surface area contributed by atoms with Gasteiger partial charge in [-0.05, 0) is 20.3 Å². The highest BCUT2D eigenvalue weighted by molar-refractivity contribution is 8.14. The van der Waals surface area contributed by atoms with Gasteiger partial charge in [-0.25, -0.2) is 0 Å². The van der Waals surface area contributed by atoms with E-state index in [2.05, 4.69) is 15.6 Å². The van der Waals surface area contributed by atoms with Crippen LogP contribution in [0, 0.1) is 0 Å². The lowest BCUT2D eigenvalue weighted by Crippen LogP contribution is -2.42. The van der Waals surface area contributed by atoms with Gasteiger partial charge in [0.1, 0.15) is 0 Å². The fraction of sp³-hybridized carbons (Fsp3) is 0.727. The van der Waals surface area contributed by atoms with Crippen molar-refractivity contribution in [1.29, 1.82) is 0 Å². The zero-order valence-corrected chi connectivity index (χ0v) is 11.5. The zero-order valence-electron chi connectivity index (χ0n) is 10.7. The molecule has 6 nitrogen and oxygen atoms in total. The minimum atomic E-state index is -0.659. The van der Waals surface area contributed by atoms with Gasteiger partial charge in [-0.3, -0.25) is 19.9 Å². The van der Waals surface area contributed by atoms with Gasteiger partial charge in [-0.2, -0.15) is 0 Å². The number of carbonyl (C=O) groups excluding carboxylic acids is 2. The SMILES string of the molecule is CC(C)OCCCNC(=O)C(=O)NC1=NCCS1. The lowest BCUT2D eigenvalue weighted by molar-refractivity contribution is -0.138. The number of ether oxygens (including phenoxy) is 1. The molecule has 18 heavy (non-hydrogen) atoms. The van der Waals surface area contributed by atoms with E-state index < -0.39 is 11.8 Å². The molecular weight excluding hydrogens is 254 g/mol. The van der Waals surface area contributed by atoms with Crippen molar-refractivity contribution in [3.8, 4) is 0 Å². The Morgan fingerprint density at radius 3 is 2.83 bits per heavy atom. The highest BCUT2D eigenvalue weighted by Crippen LogP contribution is 2.08. The van der Waals surface area contributed by atoms with Crippen molar-refractivity contribution in [1.82, 2.24) is 10.6 Å². The Labute approximate surface area is 111 Å². The number of thioether (sulfide) groups is 1. The summed E-state index contributed by atoms with van der Waals surface area (Å²) < 4.78 is 5.32. The standard InChI is InChI=1S/C11H19N3O3S/c1-8(2)17-6-3-4-12-9(15)10(16)14-11-13-5-7-18-11/h8H,3-7H2,1-2H3,(H,12,15)(H,13,14,16). The van der Waals surface area contributed by atoms with Crippen molar-refractivity contribution >= 4 is 28.7 Å². The quantitative estimate of drug-likeness (QED) is 0.551. The first-order valence-electron chi connectivity index (χ1n) is 5.97. The molecule has 2 N–H and O–H groups in total. The van der Waals surface area contributed by atoms with E-state index in [9.17, 15) is 9.59 Å².